The smallest absolute Gasteiger partial charge is 0.223 e. The molecule has 150 valence electrons. The van der Waals surface area contributed by atoms with Gasteiger partial charge < -0.3 is 14.6 Å². The van der Waals surface area contributed by atoms with Gasteiger partial charge in [0.25, 0.3) is 0 Å². The van der Waals surface area contributed by atoms with Crippen LogP contribution in [0.1, 0.15) is 44.3 Å². The molecule has 3 heterocycles. The van der Waals surface area contributed by atoms with E-state index < -0.39 is 10.0 Å². The number of sulfonamides is 1. The van der Waals surface area contributed by atoms with Gasteiger partial charge in [-0.1, -0.05) is 0 Å². The molecular formula is C17H27N5O4S. The molecule has 27 heavy (non-hydrogen) atoms. The number of ether oxygens (including phenoxy) is 1. The zero-order chi connectivity index (χ0) is 19.0. The van der Waals surface area contributed by atoms with Crippen molar-refractivity contribution < 1.29 is 17.9 Å². The summed E-state index contributed by atoms with van der Waals surface area (Å²) in [5, 5.41) is 11.3. The Bertz CT molecular complexity index is 808. The molecule has 3 atom stereocenters. The van der Waals surface area contributed by atoms with Gasteiger partial charge in [-0.05, 0) is 32.6 Å². The average Bonchev–Trinajstić information content (AvgIpc) is 3.29. The topological polar surface area (TPSA) is 106 Å². The minimum atomic E-state index is -3.30. The Morgan fingerprint density at radius 1 is 1.30 bits per heavy atom. The quantitative estimate of drug-likeness (QED) is 0.753. The Labute approximate surface area is 159 Å². The van der Waals surface area contributed by atoms with Crippen LogP contribution in [0.3, 0.4) is 0 Å². The molecule has 1 aromatic rings. The number of aromatic nitrogens is 3. The van der Waals surface area contributed by atoms with Gasteiger partial charge in [0.2, 0.25) is 15.9 Å². The van der Waals surface area contributed by atoms with E-state index in [1.165, 1.54) is 0 Å². The van der Waals surface area contributed by atoms with Gasteiger partial charge in [0.15, 0.2) is 5.82 Å². The van der Waals surface area contributed by atoms with Gasteiger partial charge in [-0.15, -0.1) is 10.2 Å². The number of hydrogen-bond donors (Lipinski definition) is 1. The minimum absolute atomic E-state index is 0.0387. The van der Waals surface area contributed by atoms with E-state index in [0.717, 1.165) is 31.0 Å². The first-order valence-corrected chi connectivity index (χ1v) is 11.4. The highest BCUT2D eigenvalue weighted by atomic mass is 32.2. The van der Waals surface area contributed by atoms with Crippen LogP contribution in [0.2, 0.25) is 0 Å². The Balaban J connectivity index is 1.39. The molecule has 0 unspecified atom stereocenters. The summed E-state index contributed by atoms with van der Waals surface area (Å²) in [4.78, 5) is 12.7. The Morgan fingerprint density at radius 2 is 2.15 bits per heavy atom. The van der Waals surface area contributed by atoms with Crippen molar-refractivity contribution in [2.75, 3.05) is 18.9 Å². The lowest BCUT2D eigenvalue weighted by Crippen LogP contribution is -2.57. The summed E-state index contributed by atoms with van der Waals surface area (Å²) in [5.74, 6) is 1.61. The zero-order valence-electron chi connectivity index (χ0n) is 15.6. The molecule has 10 heteroatoms. The van der Waals surface area contributed by atoms with E-state index in [2.05, 4.69) is 20.1 Å². The molecule has 2 fully saturated rings. The minimum Gasteiger partial charge on any atom is -0.375 e. The molecule has 1 amide bonds. The molecule has 0 aromatic carbocycles. The normalized spacial score (nSPS) is 28.6. The summed E-state index contributed by atoms with van der Waals surface area (Å²) < 4.78 is 34.3. The number of carbonyl (C=O) groups excluding carboxylic acids is 1. The maximum Gasteiger partial charge on any atom is 0.223 e. The number of nitrogens with one attached hydrogen (secondary N) is 1. The molecule has 9 nitrogen and oxygen atoms in total. The SMILES string of the molecule is CCS(=O)(=O)N1CCO[C@@H]2CC[C@H](C(=O)NCc3nnc4n3CCC4)C[C@H]21. The predicted molar refractivity (Wildman–Crippen MR) is 97.2 cm³/mol. The van der Waals surface area contributed by atoms with Crippen LogP contribution < -0.4 is 5.32 Å². The molecule has 0 spiro atoms. The molecule has 2 aliphatic heterocycles. The number of hydrogen-bond acceptors (Lipinski definition) is 6. The Kier molecular flexibility index (Phi) is 5.21. The molecule has 0 radical (unpaired) electrons. The second kappa shape index (κ2) is 7.48. The lowest BCUT2D eigenvalue weighted by atomic mass is 9.82. The van der Waals surface area contributed by atoms with E-state index >= 15 is 0 Å². The number of aryl methyl sites for hydroxylation is 1. The number of rotatable bonds is 5. The van der Waals surface area contributed by atoms with Crippen LogP contribution in [0.15, 0.2) is 0 Å². The standard InChI is InChI=1S/C17H27N5O4S/c1-2-27(24,25)22-8-9-26-14-6-5-12(10-13(14)22)17(23)18-11-16-20-19-15-4-3-7-21(15)16/h12-14H,2-11H2,1H3,(H,18,23)/t12-,13+,14+/m0/s1. The lowest BCUT2D eigenvalue weighted by Gasteiger charge is -2.44. The van der Waals surface area contributed by atoms with Crippen molar-refractivity contribution in [2.24, 2.45) is 5.92 Å². The molecule has 4 rings (SSSR count). The summed E-state index contributed by atoms with van der Waals surface area (Å²) in [5.41, 5.74) is 0. The first-order chi connectivity index (χ1) is 13.0. The summed E-state index contributed by atoms with van der Waals surface area (Å²) in [6.45, 7) is 3.72. The fourth-order valence-corrected chi connectivity index (χ4v) is 5.80. The van der Waals surface area contributed by atoms with E-state index in [1.54, 1.807) is 11.2 Å². The Hall–Kier alpha value is -1.52. The van der Waals surface area contributed by atoms with Crippen LogP contribution in [0.5, 0.6) is 0 Å². The van der Waals surface area contributed by atoms with E-state index in [9.17, 15) is 13.2 Å². The fraction of sp³-hybridized carbons (Fsp3) is 0.824. The lowest BCUT2D eigenvalue weighted by molar-refractivity contribution is -0.130. The van der Waals surface area contributed by atoms with Gasteiger partial charge in [0.1, 0.15) is 5.82 Å². The van der Waals surface area contributed by atoms with Crippen LogP contribution in [0.4, 0.5) is 0 Å². The molecule has 1 saturated heterocycles. The zero-order valence-corrected chi connectivity index (χ0v) is 16.4. The monoisotopic (exact) mass is 397 g/mol. The number of amides is 1. The molecule has 0 bridgehead atoms. The third-order valence-electron chi connectivity index (χ3n) is 5.97. The van der Waals surface area contributed by atoms with E-state index in [-0.39, 0.29) is 29.7 Å². The van der Waals surface area contributed by atoms with Crippen molar-refractivity contribution in [3.63, 3.8) is 0 Å². The highest BCUT2D eigenvalue weighted by Crippen LogP contribution is 2.34. The fourth-order valence-electron chi connectivity index (χ4n) is 4.48. The maximum absolute atomic E-state index is 12.7. The van der Waals surface area contributed by atoms with Crippen molar-refractivity contribution in [3.05, 3.63) is 11.6 Å². The van der Waals surface area contributed by atoms with Crippen molar-refractivity contribution in [1.82, 2.24) is 24.4 Å². The molecule has 3 aliphatic rings. The van der Waals surface area contributed by atoms with Crippen molar-refractivity contribution >= 4 is 15.9 Å². The van der Waals surface area contributed by atoms with Crippen molar-refractivity contribution in [2.45, 2.75) is 64.3 Å². The van der Waals surface area contributed by atoms with Gasteiger partial charge in [-0.2, -0.15) is 4.31 Å². The second-order valence-electron chi connectivity index (χ2n) is 7.50. The average molecular weight is 398 g/mol. The highest BCUT2D eigenvalue weighted by molar-refractivity contribution is 7.89. The van der Waals surface area contributed by atoms with Crippen LogP contribution in [0.25, 0.3) is 0 Å². The van der Waals surface area contributed by atoms with Crippen LogP contribution >= 0.6 is 0 Å². The second-order valence-corrected chi connectivity index (χ2v) is 9.71. The van der Waals surface area contributed by atoms with Gasteiger partial charge in [-0.25, -0.2) is 8.42 Å². The number of fused-ring (bicyclic) bond motifs is 2. The van der Waals surface area contributed by atoms with Gasteiger partial charge in [0.05, 0.1) is 31.1 Å². The number of morpholine rings is 1. The largest absolute Gasteiger partial charge is 0.375 e. The molecule has 1 aromatic heterocycles. The van der Waals surface area contributed by atoms with Crippen LogP contribution in [0, 0.1) is 5.92 Å². The molecular weight excluding hydrogens is 370 g/mol. The summed E-state index contributed by atoms with van der Waals surface area (Å²) in [6, 6.07) is -0.245. The third-order valence-corrected chi connectivity index (χ3v) is 7.87. The highest BCUT2D eigenvalue weighted by Gasteiger charge is 2.43. The van der Waals surface area contributed by atoms with Gasteiger partial charge >= 0.3 is 0 Å². The van der Waals surface area contributed by atoms with Crippen molar-refractivity contribution in [1.29, 1.82) is 0 Å². The first kappa shape index (κ1) is 18.8. The van der Waals surface area contributed by atoms with E-state index in [4.69, 9.17) is 4.74 Å². The molecule has 1 aliphatic carbocycles. The summed E-state index contributed by atoms with van der Waals surface area (Å²) >= 11 is 0. The number of nitrogens with zero attached hydrogens (tertiary/aromatic N) is 4. The number of carbonyl (C=O) groups is 1. The third kappa shape index (κ3) is 3.62. The summed E-state index contributed by atoms with van der Waals surface area (Å²) in [6.07, 6.45) is 3.83. The van der Waals surface area contributed by atoms with Gasteiger partial charge in [-0.3, -0.25) is 4.79 Å². The maximum atomic E-state index is 12.7. The van der Waals surface area contributed by atoms with Crippen LogP contribution in [-0.2, 0) is 39.1 Å². The van der Waals surface area contributed by atoms with Crippen molar-refractivity contribution in [3.8, 4) is 0 Å². The molecule has 1 saturated carbocycles. The Morgan fingerprint density at radius 3 is 2.96 bits per heavy atom. The predicted octanol–water partition coefficient (Wildman–Crippen LogP) is 0.0597. The molecule has 1 N–H and O–H groups in total. The van der Waals surface area contributed by atoms with E-state index in [1.807, 2.05) is 0 Å². The van der Waals surface area contributed by atoms with Gasteiger partial charge in [0, 0.05) is 25.4 Å². The van der Waals surface area contributed by atoms with Crippen LogP contribution in [-0.4, -0.2) is 64.4 Å². The summed E-state index contributed by atoms with van der Waals surface area (Å²) in [7, 11) is -3.30. The van der Waals surface area contributed by atoms with E-state index in [0.29, 0.717) is 39.0 Å². The first-order valence-electron chi connectivity index (χ1n) is 9.79.